The van der Waals surface area contributed by atoms with E-state index >= 15 is 0 Å². The lowest BCUT2D eigenvalue weighted by molar-refractivity contribution is -0.000198. The van der Waals surface area contributed by atoms with Gasteiger partial charge in [-0.2, -0.15) is 0 Å². The van der Waals surface area contributed by atoms with E-state index in [0.717, 1.165) is 12.8 Å². The van der Waals surface area contributed by atoms with Crippen LogP contribution in [-0.4, -0.2) is 11.5 Å². The summed E-state index contributed by atoms with van der Waals surface area (Å²) >= 11 is 0. The molecule has 3 nitrogen and oxygen atoms in total. The van der Waals surface area contributed by atoms with Crippen LogP contribution >= 0.6 is 0 Å². The maximum atomic E-state index is 11.8. The van der Waals surface area contributed by atoms with Crippen LogP contribution in [0.1, 0.15) is 50.9 Å². The second-order valence-electron chi connectivity index (χ2n) is 5.38. The highest BCUT2D eigenvalue weighted by atomic mass is 16.7. The number of hydroxylamine groups is 1. The lowest BCUT2D eigenvalue weighted by Crippen LogP contribution is -2.40. The number of carbonyl (C=O) groups excluding carboxylic acids is 1. The molecular formula is C16H23NO2. The average molecular weight is 261 g/mol. The molecule has 0 bridgehead atoms. The van der Waals surface area contributed by atoms with E-state index in [1.807, 2.05) is 39.0 Å². The first kappa shape index (κ1) is 15.4. The molecule has 0 aliphatic heterocycles. The van der Waals surface area contributed by atoms with Crippen molar-refractivity contribution in [3.63, 3.8) is 0 Å². The largest absolute Gasteiger partial charge is 0.366 e. The van der Waals surface area contributed by atoms with Crippen molar-refractivity contribution in [3.05, 3.63) is 47.5 Å². The van der Waals surface area contributed by atoms with Crippen LogP contribution in [0.25, 0.3) is 0 Å². The van der Waals surface area contributed by atoms with Gasteiger partial charge in [0.1, 0.15) is 0 Å². The molecule has 3 heteroatoms. The van der Waals surface area contributed by atoms with Gasteiger partial charge in [-0.15, -0.1) is 5.48 Å². The summed E-state index contributed by atoms with van der Waals surface area (Å²) in [7, 11) is 0. The van der Waals surface area contributed by atoms with Crippen molar-refractivity contribution in [2.75, 3.05) is 0 Å². The highest BCUT2D eigenvalue weighted by Crippen LogP contribution is 2.16. The van der Waals surface area contributed by atoms with Gasteiger partial charge in [-0.05, 0) is 52.7 Å². The Labute approximate surface area is 115 Å². The van der Waals surface area contributed by atoms with Gasteiger partial charge in [0.15, 0.2) is 0 Å². The SMILES string of the molecule is C/C=C(/C)CCC(C)(C)NOC(=O)c1ccccc1. The van der Waals surface area contributed by atoms with Crippen molar-refractivity contribution in [1.29, 1.82) is 0 Å². The van der Waals surface area contributed by atoms with E-state index in [4.69, 9.17) is 4.84 Å². The highest BCUT2D eigenvalue weighted by molar-refractivity contribution is 5.89. The van der Waals surface area contributed by atoms with Crippen molar-refractivity contribution < 1.29 is 9.63 Å². The second-order valence-corrected chi connectivity index (χ2v) is 5.38. The molecule has 0 saturated heterocycles. The van der Waals surface area contributed by atoms with E-state index in [9.17, 15) is 4.79 Å². The fraction of sp³-hybridized carbons (Fsp3) is 0.438. The Morgan fingerprint density at radius 3 is 2.53 bits per heavy atom. The van der Waals surface area contributed by atoms with Crippen LogP contribution in [-0.2, 0) is 4.84 Å². The first-order valence-corrected chi connectivity index (χ1v) is 6.60. The van der Waals surface area contributed by atoms with E-state index in [0.29, 0.717) is 5.56 Å². The zero-order valence-corrected chi connectivity index (χ0v) is 12.2. The lowest BCUT2D eigenvalue weighted by atomic mass is 9.97. The molecule has 0 radical (unpaired) electrons. The fourth-order valence-electron chi connectivity index (χ4n) is 1.52. The van der Waals surface area contributed by atoms with E-state index in [-0.39, 0.29) is 11.5 Å². The summed E-state index contributed by atoms with van der Waals surface area (Å²) in [4.78, 5) is 16.9. The quantitative estimate of drug-likeness (QED) is 0.624. The van der Waals surface area contributed by atoms with Crippen LogP contribution in [0, 0.1) is 0 Å². The Morgan fingerprint density at radius 2 is 1.95 bits per heavy atom. The average Bonchev–Trinajstić information content (AvgIpc) is 2.43. The van der Waals surface area contributed by atoms with Crippen molar-refractivity contribution >= 4 is 5.97 Å². The van der Waals surface area contributed by atoms with E-state index in [2.05, 4.69) is 18.5 Å². The summed E-state index contributed by atoms with van der Waals surface area (Å²) in [5.74, 6) is -0.351. The van der Waals surface area contributed by atoms with Gasteiger partial charge in [0.2, 0.25) is 0 Å². The molecule has 0 unspecified atom stereocenters. The van der Waals surface area contributed by atoms with Gasteiger partial charge in [0.25, 0.3) is 0 Å². The van der Waals surface area contributed by atoms with Gasteiger partial charge in [-0.1, -0.05) is 29.8 Å². The lowest BCUT2D eigenvalue weighted by Gasteiger charge is -2.25. The number of hydrogen-bond donors (Lipinski definition) is 1. The van der Waals surface area contributed by atoms with Crippen molar-refractivity contribution in [3.8, 4) is 0 Å². The zero-order valence-electron chi connectivity index (χ0n) is 12.2. The number of rotatable bonds is 6. The Balaban J connectivity index is 2.44. The monoisotopic (exact) mass is 261 g/mol. The second kappa shape index (κ2) is 7.10. The van der Waals surface area contributed by atoms with Crippen LogP contribution < -0.4 is 5.48 Å². The highest BCUT2D eigenvalue weighted by Gasteiger charge is 2.20. The molecule has 0 saturated carbocycles. The topological polar surface area (TPSA) is 38.3 Å². The molecule has 0 aliphatic rings. The minimum absolute atomic E-state index is 0.241. The number of benzene rings is 1. The van der Waals surface area contributed by atoms with Crippen LogP contribution in [0.2, 0.25) is 0 Å². The summed E-state index contributed by atoms with van der Waals surface area (Å²) in [5.41, 5.74) is 4.51. The van der Waals surface area contributed by atoms with Gasteiger partial charge < -0.3 is 4.84 Å². The molecule has 0 fully saturated rings. The minimum Gasteiger partial charge on any atom is -0.366 e. The maximum absolute atomic E-state index is 11.8. The molecular weight excluding hydrogens is 238 g/mol. The van der Waals surface area contributed by atoms with Gasteiger partial charge >= 0.3 is 5.97 Å². The van der Waals surface area contributed by atoms with Crippen LogP contribution in [0.15, 0.2) is 42.0 Å². The molecule has 19 heavy (non-hydrogen) atoms. The number of allylic oxidation sites excluding steroid dienone is 2. The summed E-state index contributed by atoms with van der Waals surface area (Å²) in [5, 5.41) is 0. The minimum atomic E-state index is -0.351. The summed E-state index contributed by atoms with van der Waals surface area (Å²) in [6, 6.07) is 8.98. The van der Waals surface area contributed by atoms with Gasteiger partial charge in [0.05, 0.1) is 5.56 Å². The maximum Gasteiger partial charge on any atom is 0.356 e. The summed E-state index contributed by atoms with van der Waals surface area (Å²) in [6.45, 7) is 8.18. The van der Waals surface area contributed by atoms with Crippen molar-refractivity contribution in [2.24, 2.45) is 0 Å². The predicted molar refractivity (Wildman–Crippen MR) is 77.7 cm³/mol. The Kier molecular flexibility index (Phi) is 5.77. The fourth-order valence-corrected chi connectivity index (χ4v) is 1.52. The van der Waals surface area contributed by atoms with E-state index in [1.54, 1.807) is 12.1 Å². The van der Waals surface area contributed by atoms with Crippen molar-refractivity contribution in [2.45, 2.75) is 46.1 Å². The Morgan fingerprint density at radius 1 is 1.32 bits per heavy atom. The Bertz CT molecular complexity index is 435. The first-order valence-electron chi connectivity index (χ1n) is 6.60. The molecule has 104 valence electrons. The number of nitrogens with one attached hydrogen (secondary N) is 1. The molecule has 0 amide bonds. The number of carbonyl (C=O) groups is 1. The molecule has 1 aromatic carbocycles. The van der Waals surface area contributed by atoms with Crippen LogP contribution in [0.5, 0.6) is 0 Å². The summed E-state index contributed by atoms with van der Waals surface area (Å²) in [6.07, 6.45) is 4.00. The third-order valence-corrected chi connectivity index (χ3v) is 3.07. The summed E-state index contributed by atoms with van der Waals surface area (Å²) < 4.78 is 0. The molecule has 0 aliphatic carbocycles. The molecule has 0 atom stereocenters. The van der Waals surface area contributed by atoms with Crippen LogP contribution in [0.3, 0.4) is 0 Å². The standard InChI is InChI=1S/C16H23NO2/c1-5-13(2)11-12-16(3,4)17-19-15(18)14-9-7-6-8-10-14/h5-10,17H,11-12H2,1-4H3/b13-5-. The molecule has 1 rings (SSSR count). The normalized spacial score (nSPS) is 12.3. The zero-order chi connectivity index (χ0) is 14.3. The molecule has 0 spiro atoms. The first-order chi connectivity index (χ1) is 8.94. The van der Waals surface area contributed by atoms with Crippen LogP contribution in [0.4, 0.5) is 0 Å². The molecule has 1 N–H and O–H groups in total. The Hall–Kier alpha value is -1.61. The molecule has 0 aromatic heterocycles. The van der Waals surface area contributed by atoms with Gasteiger partial charge in [0, 0.05) is 5.54 Å². The predicted octanol–water partition coefficient (Wildman–Crippen LogP) is 3.87. The third-order valence-electron chi connectivity index (χ3n) is 3.07. The number of hydrogen-bond acceptors (Lipinski definition) is 3. The van der Waals surface area contributed by atoms with Gasteiger partial charge in [-0.25, -0.2) is 4.79 Å². The van der Waals surface area contributed by atoms with E-state index in [1.165, 1.54) is 5.57 Å². The van der Waals surface area contributed by atoms with Crippen molar-refractivity contribution in [1.82, 2.24) is 5.48 Å². The molecule has 0 heterocycles. The third kappa shape index (κ3) is 5.71. The molecule has 1 aromatic rings. The van der Waals surface area contributed by atoms with Gasteiger partial charge in [-0.3, -0.25) is 0 Å². The van der Waals surface area contributed by atoms with E-state index < -0.39 is 0 Å². The smallest absolute Gasteiger partial charge is 0.356 e.